The first-order chi connectivity index (χ1) is 9.31. The predicted octanol–water partition coefficient (Wildman–Crippen LogP) is 1.31. The van der Waals surface area contributed by atoms with Crippen LogP contribution in [0.15, 0.2) is 35.5 Å². The Bertz CT molecular complexity index is 653. The predicted molar refractivity (Wildman–Crippen MR) is 65.8 cm³/mol. The van der Waals surface area contributed by atoms with E-state index in [-0.39, 0.29) is 5.28 Å². The smallest absolute Gasteiger partial charge is 0.241 e. The summed E-state index contributed by atoms with van der Waals surface area (Å²) in [4.78, 5) is 16.1. The van der Waals surface area contributed by atoms with E-state index in [1.807, 2.05) is 0 Å². The van der Waals surface area contributed by atoms with Gasteiger partial charge >= 0.3 is 0 Å². The lowest BCUT2D eigenvalue weighted by Gasteiger charge is -2.05. The van der Waals surface area contributed by atoms with E-state index in [1.165, 1.54) is 0 Å². The highest BCUT2D eigenvalue weighted by Gasteiger charge is 2.07. The maximum Gasteiger partial charge on any atom is 0.241 e. The van der Waals surface area contributed by atoms with Crippen LogP contribution >= 0.6 is 11.6 Å². The minimum Gasteiger partial charge on any atom is -0.360 e. The maximum atomic E-state index is 5.86. The fourth-order valence-electron chi connectivity index (χ4n) is 1.41. The topological polar surface area (TPSA) is 94.6 Å². The molecule has 1 N–H and O–H groups in total. The molecule has 0 bridgehead atoms. The highest BCUT2D eigenvalue weighted by atomic mass is 35.5. The Labute approximate surface area is 112 Å². The number of aromatic nitrogens is 6. The van der Waals surface area contributed by atoms with Crippen molar-refractivity contribution in [1.29, 1.82) is 0 Å². The van der Waals surface area contributed by atoms with Crippen molar-refractivity contribution in [3.63, 3.8) is 0 Å². The molecule has 0 radical (unpaired) electrons. The van der Waals surface area contributed by atoms with Crippen molar-refractivity contribution < 1.29 is 4.52 Å². The molecule has 0 amide bonds. The second-order valence-corrected chi connectivity index (χ2v) is 3.87. The Hall–Kier alpha value is -2.48. The third-order valence-electron chi connectivity index (χ3n) is 2.24. The second kappa shape index (κ2) is 5.02. The molecule has 19 heavy (non-hydrogen) atoms. The van der Waals surface area contributed by atoms with E-state index in [0.29, 0.717) is 24.2 Å². The molecule has 0 aliphatic heterocycles. The van der Waals surface area contributed by atoms with Gasteiger partial charge in [0.25, 0.3) is 0 Å². The summed E-state index contributed by atoms with van der Waals surface area (Å²) >= 11 is 5.86. The van der Waals surface area contributed by atoms with Crippen LogP contribution in [-0.4, -0.2) is 29.7 Å². The van der Waals surface area contributed by atoms with Gasteiger partial charge in [-0.05, 0) is 11.6 Å². The van der Waals surface area contributed by atoms with Crippen LogP contribution in [0.5, 0.6) is 0 Å². The molecule has 8 nitrogen and oxygen atoms in total. The van der Waals surface area contributed by atoms with Gasteiger partial charge in [-0.15, -0.1) is 0 Å². The average molecular weight is 278 g/mol. The standard InChI is InChI=1S/C10H8ClN7O/c11-8-15-9(13-5-7-1-2-14-19-7)17-10(16-8)18-4-3-12-6-18/h1-4,6H,5H2,(H,13,15,16,17). The normalized spacial score (nSPS) is 10.6. The van der Waals surface area contributed by atoms with Gasteiger partial charge in [-0.2, -0.15) is 15.0 Å². The van der Waals surface area contributed by atoms with Crippen molar-refractivity contribution in [1.82, 2.24) is 29.7 Å². The number of imidazole rings is 1. The molecule has 0 atom stereocenters. The Morgan fingerprint density at radius 2 is 2.21 bits per heavy atom. The lowest BCUT2D eigenvalue weighted by Crippen LogP contribution is -2.08. The number of rotatable bonds is 4. The van der Waals surface area contributed by atoms with Gasteiger partial charge in [-0.25, -0.2) is 4.98 Å². The van der Waals surface area contributed by atoms with Gasteiger partial charge in [0.05, 0.1) is 12.7 Å². The molecule has 0 spiro atoms. The molecule has 0 aliphatic carbocycles. The Balaban J connectivity index is 1.82. The number of halogens is 1. The van der Waals surface area contributed by atoms with Crippen LogP contribution in [0.2, 0.25) is 5.28 Å². The van der Waals surface area contributed by atoms with Gasteiger partial charge in [0.2, 0.25) is 17.2 Å². The molecule has 0 saturated carbocycles. The molecule has 0 unspecified atom stereocenters. The molecule has 9 heteroatoms. The summed E-state index contributed by atoms with van der Waals surface area (Å²) < 4.78 is 6.59. The SMILES string of the molecule is Clc1nc(NCc2ccno2)nc(-n2ccnc2)n1. The summed E-state index contributed by atoms with van der Waals surface area (Å²) in [7, 11) is 0. The van der Waals surface area contributed by atoms with E-state index >= 15 is 0 Å². The van der Waals surface area contributed by atoms with Crippen LogP contribution in [0.25, 0.3) is 5.95 Å². The number of anilines is 1. The largest absolute Gasteiger partial charge is 0.360 e. The Morgan fingerprint density at radius 1 is 1.26 bits per heavy atom. The molecule has 0 aliphatic rings. The van der Waals surface area contributed by atoms with Crippen molar-refractivity contribution >= 4 is 17.5 Å². The van der Waals surface area contributed by atoms with E-state index < -0.39 is 0 Å². The van der Waals surface area contributed by atoms with E-state index in [0.717, 1.165) is 0 Å². The zero-order chi connectivity index (χ0) is 13.1. The third-order valence-corrected chi connectivity index (χ3v) is 2.41. The van der Waals surface area contributed by atoms with Gasteiger partial charge in [0.15, 0.2) is 5.76 Å². The lowest BCUT2D eigenvalue weighted by molar-refractivity contribution is 0.387. The molecule has 96 valence electrons. The lowest BCUT2D eigenvalue weighted by atomic mass is 10.4. The fourth-order valence-corrected chi connectivity index (χ4v) is 1.57. The van der Waals surface area contributed by atoms with Crippen LogP contribution in [0, 0.1) is 0 Å². The first-order valence-electron chi connectivity index (χ1n) is 5.34. The third kappa shape index (κ3) is 2.68. The quantitative estimate of drug-likeness (QED) is 0.768. The van der Waals surface area contributed by atoms with Gasteiger partial charge < -0.3 is 9.84 Å². The molecule has 3 heterocycles. The van der Waals surface area contributed by atoms with Crippen molar-refractivity contribution in [2.45, 2.75) is 6.54 Å². The van der Waals surface area contributed by atoms with Crippen molar-refractivity contribution in [2.24, 2.45) is 0 Å². The van der Waals surface area contributed by atoms with E-state index in [4.69, 9.17) is 16.1 Å². The number of hydrogen-bond acceptors (Lipinski definition) is 7. The molecule has 0 fully saturated rings. The first-order valence-corrected chi connectivity index (χ1v) is 5.72. The van der Waals surface area contributed by atoms with Crippen molar-refractivity contribution in [2.75, 3.05) is 5.32 Å². The van der Waals surface area contributed by atoms with Crippen LogP contribution in [0.1, 0.15) is 5.76 Å². The van der Waals surface area contributed by atoms with E-state index in [2.05, 4.69) is 30.4 Å². The van der Waals surface area contributed by atoms with Gasteiger partial charge in [-0.1, -0.05) is 5.16 Å². The molecule has 0 aromatic carbocycles. The van der Waals surface area contributed by atoms with Crippen LogP contribution in [0.4, 0.5) is 5.95 Å². The summed E-state index contributed by atoms with van der Waals surface area (Å²) in [5.41, 5.74) is 0. The van der Waals surface area contributed by atoms with Gasteiger partial charge in [-0.3, -0.25) is 4.57 Å². The Kier molecular flexibility index (Phi) is 3.07. The van der Waals surface area contributed by atoms with E-state index in [1.54, 1.807) is 35.6 Å². The molecular formula is C10H8ClN7O. The second-order valence-electron chi connectivity index (χ2n) is 3.53. The zero-order valence-electron chi connectivity index (χ0n) is 9.56. The first kappa shape index (κ1) is 11.6. The van der Waals surface area contributed by atoms with Gasteiger partial charge in [0.1, 0.15) is 6.33 Å². The Morgan fingerprint density at radius 3 is 2.95 bits per heavy atom. The average Bonchev–Trinajstić information content (AvgIpc) is 3.09. The molecule has 3 rings (SSSR count). The highest BCUT2D eigenvalue weighted by molar-refractivity contribution is 6.28. The number of nitrogens with one attached hydrogen (secondary N) is 1. The summed E-state index contributed by atoms with van der Waals surface area (Å²) in [6.07, 6.45) is 6.48. The fraction of sp³-hybridized carbons (Fsp3) is 0.100. The summed E-state index contributed by atoms with van der Waals surface area (Å²) in [5, 5.41) is 6.68. The molecule has 0 saturated heterocycles. The minimum atomic E-state index is 0.0961. The van der Waals surface area contributed by atoms with Crippen LogP contribution < -0.4 is 5.32 Å². The van der Waals surface area contributed by atoms with Crippen LogP contribution in [0.3, 0.4) is 0 Å². The maximum absolute atomic E-state index is 5.86. The monoisotopic (exact) mass is 277 g/mol. The number of nitrogens with zero attached hydrogens (tertiary/aromatic N) is 6. The van der Waals surface area contributed by atoms with E-state index in [9.17, 15) is 0 Å². The molecule has 3 aromatic rings. The minimum absolute atomic E-state index is 0.0961. The van der Waals surface area contributed by atoms with Crippen molar-refractivity contribution in [3.05, 3.63) is 42.0 Å². The van der Waals surface area contributed by atoms with Crippen LogP contribution in [-0.2, 0) is 6.54 Å². The highest BCUT2D eigenvalue weighted by Crippen LogP contribution is 2.10. The zero-order valence-corrected chi connectivity index (χ0v) is 10.3. The number of hydrogen-bond donors (Lipinski definition) is 1. The summed E-state index contributed by atoms with van der Waals surface area (Å²) in [6, 6.07) is 1.74. The van der Waals surface area contributed by atoms with Gasteiger partial charge in [0, 0.05) is 18.5 Å². The summed E-state index contributed by atoms with van der Waals surface area (Å²) in [6.45, 7) is 0.406. The summed E-state index contributed by atoms with van der Waals surface area (Å²) in [5.74, 6) is 1.40. The van der Waals surface area contributed by atoms with Crippen molar-refractivity contribution in [3.8, 4) is 5.95 Å². The molecule has 3 aromatic heterocycles. The molecular weight excluding hydrogens is 270 g/mol.